The van der Waals surface area contributed by atoms with Crippen molar-refractivity contribution in [3.05, 3.63) is 16.1 Å². The molecule has 1 aliphatic rings. The summed E-state index contributed by atoms with van der Waals surface area (Å²) in [5.41, 5.74) is 1.13. The molecule has 1 N–H and O–H groups in total. The molecular weight excluding hydrogens is 264 g/mol. The predicted molar refractivity (Wildman–Crippen MR) is 73.4 cm³/mol. The van der Waals surface area contributed by atoms with Gasteiger partial charge in [-0.25, -0.2) is 9.78 Å². The number of thiazole rings is 1. The van der Waals surface area contributed by atoms with E-state index in [1.165, 1.54) is 0 Å². The Hall–Kier alpha value is -0.980. The van der Waals surface area contributed by atoms with Crippen LogP contribution in [0.1, 0.15) is 36.5 Å². The molecule has 5 nitrogen and oxygen atoms in total. The molecule has 2 rings (SSSR count). The van der Waals surface area contributed by atoms with Gasteiger partial charge in [-0.2, -0.15) is 0 Å². The summed E-state index contributed by atoms with van der Waals surface area (Å²) in [5.74, 6) is -0.895. The molecule has 0 aliphatic carbocycles. The minimum atomic E-state index is -0.895. The Balaban J connectivity index is 1.81. The van der Waals surface area contributed by atoms with Crippen molar-refractivity contribution in [1.29, 1.82) is 0 Å². The highest BCUT2D eigenvalue weighted by Crippen LogP contribution is 2.25. The van der Waals surface area contributed by atoms with E-state index in [1.807, 2.05) is 6.92 Å². The van der Waals surface area contributed by atoms with Gasteiger partial charge in [0, 0.05) is 18.5 Å². The van der Waals surface area contributed by atoms with Crippen LogP contribution in [-0.4, -0.2) is 46.8 Å². The third kappa shape index (κ3) is 3.99. The molecule has 0 amide bonds. The van der Waals surface area contributed by atoms with E-state index in [0.717, 1.165) is 36.6 Å². The first kappa shape index (κ1) is 14.4. The highest BCUT2D eigenvalue weighted by molar-refractivity contribution is 7.09. The number of carboxylic acid groups (broad SMARTS) is 1. The number of aliphatic carboxylic acids is 1. The van der Waals surface area contributed by atoms with E-state index in [9.17, 15) is 4.79 Å². The van der Waals surface area contributed by atoms with E-state index in [1.54, 1.807) is 11.3 Å². The number of nitrogens with zero attached hydrogens (tertiary/aromatic N) is 2. The van der Waals surface area contributed by atoms with E-state index < -0.39 is 5.97 Å². The molecule has 1 atom stereocenters. The molecule has 0 spiro atoms. The van der Waals surface area contributed by atoms with Crippen LogP contribution in [-0.2, 0) is 9.53 Å². The number of carbonyl (C=O) groups is 1. The Labute approximate surface area is 117 Å². The second kappa shape index (κ2) is 6.45. The van der Waals surface area contributed by atoms with Crippen LogP contribution in [0.15, 0.2) is 5.38 Å². The van der Waals surface area contributed by atoms with Crippen LogP contribution < -0.4 is 0 Å². The summed E-state index contributed by atoms with van der Waals surface area (Å²) < 4.78 is 5.34. The van der Waals surface area contributed by atoms with Gasteiger partial charge in [-0.1, -0.05) is 0 Å². The Morgan fingerprint density at radius 2 is 2.32 bits per heavy atom. The van der Waals surface area contributed by atoms with Gasteiger partial charge < -0.3 is 9.84 Å². The van der Waals surface area contributed by atoms with Gasteiger partial charge in [-0.15, -0.1) is 11.3 Å². The maximum atomic E-state index is 10.5. The third-order valence-electron chi connectivity index (χ3n) is 3.53. The van der Waals surface area contributed by atoms with Crippen molar-refractivity contribution >= 4 is 17.3 Å². The van der Waals surface area contributed by atoms with Crippen molar-refractivity contribution in [3.8, 4) is 0 Å². The standard InChI is InChI=1S/C13H20N2O3S/c1-9(12-8-19-10(2)14-12)15-5-3-11(4-6-15)18-7-13(16)17/h8-9,11H,3-7H2,1-2H3,(H,16,17). The molecule has 1 saturated heterocycles. The maximum absolute atomic E-state index is 10.5. The summed E-state index contributed by atoms with van der Waals surface area (Å²) in [4.78, 5) is 17.4. The molecule has 2 heterocycles. The number of hydrogen-bond donors (Lipinski definition) is 1. The fourth-order valence-corrected chi connectivity index (χ4v) is 3.08. The maximum Gasteiger partial charge on any atom is 0.329 e. The van der Waals surface area contributed by atoms with Gasteiger partial charge in [-0.05, 0) is 26.7 Å². The number of aromatic nitrogens is 1. The topological polar surface area (TPSA) is 62.7 Å². The van der Waals surface area contributed by atoms with Crippen molar-refractivity contribution in [2.45, 2.75) is 38.8 Å². The SMILES string of the molecule is Cc1nc(C(C)N2CCC(OCC(=O)O)CC2)cs1. The van der Waals surface area contributed by atoms with Crippen LogP contribution in [0, 0.1) is 6.92 Å². The van der Waals surface area contributed by atoms with E-state index in [-0.39, 0.29) is 12.7 Å². The Bertz CT molecular complexity index is 427. The highest BCUT2D eigenvalue weighted by atomic mass is 32.1. The summed E-state index contributed by atoms with van der Waals surface area (Å²) in [5, 5.41) is 11.8. The largest absolute Gasteiger partial charge is 0.480 e. The van der Waals surface area contributed by atoms with Gasteiger partial charge in [0.2, 0.25) is 0 Å². The number of piperidine rings is 1. The molecule has 0 saturated carbocycles. The third-order valence-corrected chi connectivity index (χ3v) is 4.32. The van der Waals surface area contributed by atoms with Crippen LogP contribution in [0.4, 0.5) is 0 Å². The lowest BCUT2D eigenvalue weighted by Crippen LogP contribution is -2.39. The number of aryl methyl sites for hydroxylation is 1. The van der Waals surface area contributed by atoms with Gasteiger partial charge in [0.05, 0.1) is 22.8 Å². The van der Waals surface area contributed by atoms with Crippen LogP contribution in [0.3, 0.4) is 0 Å². The van der Waals surface area contributed by atoms with Crippen LogP contribution in [0.2, 0.25) is 0 Å². The Kier molecular flexibility index (Phi) is 4.90. The molecule has 1 fully saturated rings. The number of likely N-dealkylation sites (tertiary alicyclic amines) is 1. The smallest absolute Gasteiger partial charge is 0.329 e. The predicted octanol–water partition coefficient (Wildman–Crippen LogP) is 2.08. The molecule has 19 heavy (non-hydrogen) atoms. The molecule has 0 radical (unpaired) electrons. The molecular formula is C13H20N2O3S. The number of rotatable bonds is 5. The molecule has 1 aliphatic heterocycles. The van der Waals surface area contributed by atoms with Gasteiger partial charge in [0.15, 0.2) is 0 Å². The second-order valence-corrected chi connectivity index (χ2v) is 5.97. The summed E-state index contributed by atoms with van der Waals surface area (Å²) in [7, 11) is 0. The first-order valence-electron chi connectivity index (χ1n) is 6.55. The molecule has 0 aromatic carbocycles. The monoisotopic (exact) mass is 284 g/mol. The molecule has 1 aromatic rings. The fourth-order valence-electron chi connectivity index (χ4n) is 2.38. The van der Waals surface area contributed by atoms with Gasteiger partial charge in [-0.3, -0.25) is 4.90 Å². The zero-order valence-corrected chi connectivity index (χ0v) is 12.2. The average molecular weight is 284 g/mol. The molecule has 1 aromatic heterocycles. The first-order valence-corrected chi connectivity index (χ1v) is 7.43. The van der Waals surface area contributed by atoms with Crippen molar-refractivity contribution in [2.24, 2.45) is 0 Å². The minimum Gasteiger partial charge on any atom is -0.480 e. The lowest BCUT2D eigenvalue weighted by Gasteiger charge is -2.35. The molecule has 0 bridgehead atoms. The first-order chi connectivity index (χ1) is 9.06. The quantitative estimate of drug-likeness (QED) is 0.897. The van der Waals surface area contributed by atoms with E-state index in [2.05, 4.69) is 22.2 Å². The number of carboxylic acids is 1. The minimum absolute atomic E-state index is 0.0803. The van der Waals surface area contributed by atoms with Gasteiger partial charge in [0.25, 0.3) is 0 Å². The van der Waals surface area contributed by atoms with E-state index >= 15 is 0 Å². The normalized spacial score (nSPS) is 19.5. The van der Waals surface area contributed by atoms with Crippen molar-refractivity contribution in [2.75, 3.05) is 19.7 Å². The van der Waals surface area contributed by atoms with Crippen LogP contribution in [0.25, 0.3) is 0 Å². The molecule has 6 heteroatoms. The summed E-state index contributed by atoms with van der Waals surface area (Å²) in [6.07, 6.45) is 1.86. The second-order valence-electron chi connectivity index (χ2n) is 4.91. The Morgan fingerprint density at radius 1 is 1.63 bits per heavy atom. The lowest BCUT2D eigenvalue weighted by atomic mass is 10.1. The van der Waals surface area contributed by atoms with Crippen molar-refractivity contribution < 1.29 is 14.6 Å². The zero-order chi connectivity index (χ0) is 13.8. The molecule has 106 valence electrons. The number of ether oxygens (including phenoxy) is 1. The average Bonchev–Trinajstić information content (AvgIpc) is 2.83. The highest BCUT2D eigenvalue weighted by Gasteiger charge is 2.25. The summed E-state index contributed by atoms with van der Waals surface area (Å²) in [6, 6.07) is 0.324. The van der Waals surface area contributed by atoms with Crippen LogP contribution in [0.5, 0.6) is 0 Å². The van der Waals surface area contributed by atoms with Gasteiger partial charge >= 0.3 is 5.97 Å². The zero-order valence-electron chi connectivity index (χ0n) is 11.3. The van der Waals surface area contributed by atoms with Gasteiger partial charge in [0.1, 0.15) is 6.61 Å². The molecule has 1 unspecified atom stereocenters. The van der Waals surface area contributed by atoms with Crippen molar-refractivity contribution in [1.82, 2.24) is 9.88 Å². The Morgan fingerprint density at radius 3 is 2.84 bits per heavy atom. The van der Waals surface area contributed by atoms with E-state index in [0.29, 0.717) is 6.04 Å². The summed E-state index contributed by atoms with van der Waals surface area (Å²) in [6.45, 7) is 5.87. The van der Waals surface area contributed by atoms with E-state index in [4.69, 9.17) is 9.84 Å². The lowest BCUT2D eigenvalue weighted by molar-refractivity contribution is -0.145. The summed E-state index contributed by atoms with van der Waals surface area (Å²) >= 11 is 1.68. The van der Waals surface area contributed by atoms with Crippen LogP contribution >= 0.6 is 11.3 Å². The fraction of sp³-hybridized carbons (Fsp3) is 0.692. The van der Waals surface area contributed by atoms with Crippen molar-refractivity contribution in [3.63, 3.8) is 0 Å². The number of hydrogen-bond acceptors (Lipinski definition) is 5.